The van der Waals surface area contributed by atoms with E-state index in [-0.39, 0.29) is 0 Å². The topological polar surface area (TPSA) is 43.8 Å². The highest BCUT2D eigenvalue weighted by Crippen LogP contribution is 2.20. The van der Waals surface area contributed by atoms with Crippen molar-refractivity contribution in [2.45, 2.75) is 0 Å². The van der Waals surface area contributed by atoms with Crippen LogP contribution in [0.4, 0.5) is 5.69 Å². The minimum absolute atomic E-state index is 0.707. The van der Waals surface area contributed by atoms with E-state index < -0.39 is 0 Å². The van der Waals surface area contributed by atoms with Crippen LogP contribution >= 0.6 is 15.9 Å². The van der Waals surface area contributed by atoms with Crippen LogP contribution in [0.1, 0.15) is 0 Å². The lowest BCUT2D eigenvalue weighted by Crippen LogP contribution is -1.99. The van der Waals surface area contributed by atoms with Crippen molar-refractivity contribution in [3.05, 3.63) is 41.1 Å². The third-order valence-electron chi connectivity index (χ3n) is 1.74. The van der Waals surface area contributed by atoms with Gasteiger partial charge in [0, 0.05) is 16.9 Å². The monoisotopic (exact) mass is 237 g/mol. The number of nitrogens with two attached hydrogens (primary N) is 1. The summed E-state index contributed by atoms with van der Waals surface area (Å²) in [5, 5.41) is 4.10. The Balaban J connectivity index is 2.53. The minimum atomic E-state index is 0.707. The van der Waals surface area contributed by atoms with Gasteiger partial charge in [0.05, 0.1) is 11.4 Å². The van der Waals surface area contributed by atoms with Gasteiger partial charge in [-0.15, -0.1) is 0 Å². The van der Waals surface area contributed by atoms with Crippen molar-refractivity contribution in [1.82, 2.24) is 9.78 Å². The average Bonchev–Trinajstić information content (AvgIpc) is 2.56. The van der Waals surface area contributed by atoms with Gasteiger partial charge in [0.1, 0.15) is 0 Å². The van der Waals surface area contributed by atoms with Gasteiger partial charge in [-0.2, -0.15) is 5.10 Å². The SMILES string of the molecule is Nc1cc(Br)ccc1-n1cccn1. The van der Waals surface area contributed by atoms with Crippen LogP contribution in [0.25, 0.3) is 5.69 Å². The minimum Gasteiger partial charge on any atom is -0.397 e. The third kappa shape index (κ3) is 1.58. The van der Waals surface area contributed by atoms with Crippen LogP contribution in [0.2, 0.25) is 0 Å². The summed E-state index contributed by atoms with van der Waals surface area (Å²) in [5.41, 5.74) is 7.42. The highest BCUT2D eigenvalue weighted by atomic mass is 79.9. The van der Waals surface area contributed by atoms with Gasteiger partial charge in [0.2, 0.25) is 0 Å². The van der Waals surface area contributed by atoms with Crippen LogP contribution < -0.4 is 5.73 Å². The smallest absolute Gasteiger partial charge is 0.0875 e. The number of hydrogen-bond acceptors (Lipinski definition) is 2. The van der Waals surface area contributed by atoms with E-state index in [1.54, 1.807) is 10.9 Å². The second-order valence-corrected chi connectivity index (χ2v) is 3.57. The first-order chi connectivity index (χ1) is 6.27. The average molecular weight is 238 g/mol. The van der Waals surface area contributed by atoms with E-state index in [0.29, 0.717) is 5.69 Å². The fourth-order valence-electron chi connectivity index (χ4n) is 1.15. The lowest BCUT2D eigenvalue weighted by Gasteiger charge is -2.05. The van der Waals surface area contributed by atoms with Crippen LogP contribution in [0, 0.1) is 0 Å². The number of nitrogen functional groups attached to an aromatic ring is 1. The van der Waals surface area contributed by atoms with Crippen molar-refractivity contribution in [3.63, 3.8) is 0 Å². The second kappa shape index (κ2) is 3.22. The van der Waals surface area contributed by atoms with E-state index in [2.05, 4.69) is 21.0 Å². The van der Waals surface area contributed by atoms with Crippen LogP contribution in [-0.4, -0.2) is 9.78 Å². The van der Waals surface area contributed by atoms with Crippen molar-refractivity contribution in [1.29, 1.82) is 0 Å². The third-order valence-corrected chi connectivity index (χ3v) is 2.23. The Morgan fingerprint density at radius 2 is 2.23 bits per heavy atom. The van der Waals surface area contributed by atoms with E-state index in [1.165, 1.54) is 0 Å². The zero-order chi connectivity index (χ0) is 9.26. The molecule has 0 atom stereocenters. The van der Waals surface area contributed by atoms with E-state index >= 15 is 0 Å². The molecule has 0 aliphatic carbocycles. The molecule has 66 valence electrons. The van der Waals surface area contributed by atoms with Gasteiger partial charge in [-0.05, 0) is 24.3 Å². The lowest BCUT2D eigenvalue weighted by atomic mass is 10.3. The maximum absolute atomic E-state index is 5.82. The van der Waals surface area contributed by atoms with Crippen LogP contribution in [0.5, 0.6) is 0 Å². The summed E-state index contributed by atoms with van der Waals surface area (Å²) < 4.78 is 2.71. The van der Waals surface area contributed by atoms with Crippen molar-refractivity contribution in [2.75, 3.05) is 5.73 Å². The number of aromatic nitrogens is 2. The molecule has 0 spiro atoms. The fourth-order valence-corrected chi connectivity index (χ4v) is 1.52. The number of halogens is 1. The Morgan fingerprint density at radius 1 is 1.38 bits per heavy atom. The predicted octanol–water partition coefficient (Wildman–Crippen LogP) is 2.22. The highest BCUT2D eigenvalue weighted by Gasteiger charge is 2.01. The van der Waals surface area contributed by atoms with Crippen LogP contribution in [0.15, 0.2) is 41.1 Å². The molecule has 0 saturated carbocycles. The predicted molar refractivity (Wildman–Crippen MR) is 55.7 cm³/mol. The molecule has 1 aromatic carbocycles. The summed E-state index contributed by atoms with van der Waals surface area (Å²) >= 11 is 3.35. The van der Waals surface area contributed by atoms with Gasteiger partial charge in [-0.25, -0.2) is 4.68 Å². The summed E-state index contributed by atoms with van der Waals surface area (Å²) in [4.78, 5) is 0. The van der Waals surface area contributed by atoms with E-state index in [9.17, 15) is 0 Å². The zero-order valence-corrected chi connectivity index (χ0v) is 8.40. The molecule has 2 aromatic rings. The van der Waals surface area contributed by atoms with Crippen molar-refractivity contribution in [3.8, 4) is 5.69 Å². The number of anilines is 1. The van der Waals surface area contributed by atoms with Crippen molar-refractivity contribution < 1.29 is 0 Å². The van der Waals surface area contributed by atoms with E-state index in [0.717, 1.165) is 10.2 Å². The molecule has 3 nitrogen and oxygen atoms in total. The molecule has 2 rings (SSSR count). The molecule has 0 amide bonds. The summed E-state index contributed by atoms with van der Waals surface area (Å²) in [6.07, 6.45) is 3.58. The summed E-state index contributed by atoms with van der Waals surface area (Å²) in [6.45, 7) is 0. The van der Waals surface area contributed by atoms with Gasteiger partial charge in [0.25, 0.3) is 0 Å². The van der Waals surface area contributed by atoms with Gasteiger partial charge in [-0.3, -0.25) is 0 Å². The summed E-state index contributed by atoms with van der Waals surface area (Å²) in [5.74, 6) is 0. The molecule has 2 N–H and O–H groups in total. The van der Waals surface area contributed by atoms with Gasteiger partial charge >= 0.3 is 0 Å². The summed E-state index contributed by atoms with van der Waals surface area (Å²) in [7, 11) is 0. The molecule has 0 radical (unpaired) electrons. The molecule has 0 aliphatic heterocycles. The molecule has 1 aromatic heterocycles. The number of nitrogens with zero attached hydrogens (tertiary/aromatic N) is 2. The Morgan fingerprint density at radius 3 is 2.85 bits per heavy atom. The second-order valence-electron chi connectivity index (χ2n) is 2.65. The largest absolute Gasteiger partial charge is 0.397 e. The molecular weight excluding hydrogens is 230 g/mol. The first-order valence-corrected chi connectivity index (χ1v) is 4.62. The van der Waals surface area contributed by atoms with Gasteiger partial charge in [-0.1, -0.05) is 15.9 Å². The van der Waals surface area contributed by atoms with Crippen molar-refractivity contribution in [2.24, 2.45) is 0 Å². The van der Waals surface area contributed by atoms with E-state index in [4.69, 9.17) is 5.73 Å². The number of hydrogen-bond donors (Lipinski definition) is 1. The highest BCUT2D eigenvalue weighted by molar-refractivity contribution is 9.10. The Bertz CT molecular complexity index is 409. The maximum Gasteiger partial charge on any atom is 0.0875 e. The van der Waals surface area contributed by atoms with Crippen LogP contribution in [-0.2, 0) is 0 Å². The molecule has 4 heteroatoms. The molecule has 0 saturated heterocycles. The zero-order valence-electron chi connectivity index (χ0n) is 6.81. The standard InChI is InChI=1S/C9H8BrN3/c10-7-2-3-9(8(11)6-7)13-5-1-4-12-13/h1-6H,11H2. The molecule has 1 heterocycles. The van der Waals surface area contributed by atoms with Crippen LogP contribution in [0.3, 0.4) is 0 Å². The Kier molecular flexibility index (Phi) is 2.06. The molecule has 0 bridgehead atoms. The molecule has 0 fully saturated rings. The quantitative estimate of drug-likeness (QED) is 0.774. The molecular formula is C9H8BrN3. The Labute approximate surface area is 84.3 Å². The molecule has 0 unspecified atom stereocenters. The first-order valence-electron chi connectivity index (χ1n) is 3.82. The molecule has 13 heavy (non-hydrogen) atoms. The normalized spacial score (nSPS) is 10.2. The lowest BCUT2D eigenvalue weighted by molar-refractivity contribution is 0.883. The van der Waals surface area contributed by atoms with E-state index in [1.807, 2.05) is 30.5 Å². The maximum atomic E-state index is 5.82. The fraction of sp³-hybridized carbons (Fsp3) is 0. The molecule has 0 aliphatic rings. The summed E-state index contributed by atoms with van der Waals surface area (Å²) in [6, 6.07) is 7.58. The Hall–Kier alpha value is -1.29. The number of rotatable bonds is 1. The van der Waals surface area contributed by atoms with Crippen molar-refractivity contribution >= 4 is 21.6 Å². The number of benzene rings is 1. The van der Waals surface area contributed by atoms with Gasteiger partial charge < -0.3 is 5.73 Å². The van der Waals surface area contributed by atoms with Gasteiger partial charge in [0.15, 0.2) is 0 Å². The first kappa shape index (κ1) is 8.31.